The summed E-state index contributed by atoms with van der Waals surface area (Å²) in [6.45, 7) is -0.518. The lowest BCUT2D eigenvalue weighted by atomic mass is 9.60. The van der Waals surface area contributed by atoms with E-state index in [4.69, 9.17) is 5.11 Å². The van der Waals surface area contributed by atoms with Crippen molar-refractivity contribution in [1.82, 2.24) is 16.2 Å². The second kappa shape index (κ2) is 6.16. The molecule has 28 heavy (non-hydrogen) atoms. The minimum Gasteiger partial charge on any atom is -0.465 e. The number of nitrogens with one attached hydrogen (secondary N) is 3. The molecule has 2 unspecified atom stereocenters. The maximum Gasteiger partial charge on any atom is 0.404 e. The van der Waals surface area contributed by atoms with Gasteiger partial charge in [0.2, 0.25) is 5.67 Å². The fourth-order valence-corrected chi connectivity index (χ4v) is 3.90. The van der Waals surface area contributed by atoms with Gasteiger partial charge in [0.1, 0.15) is 5.41 Å². The molecule has 150 valence electrons. The Bertz CT molecular complexity index is 907. The number of hydrazine groups is 1. The highest BCUT2D eigenvalue weighted by Gasteiger charge is 2.80. The summed E-state index contributed by atoms with van der Waals surface area (Å²) in [5, 5.41) is 20.5. The maximum atomic E-state index is 16.1. The molecular weight excluding hydrogens is 407 g/mol. The number of allylic oxidation sites excluding steroid dienone is 6. The molecular formula is C16H13F5N4O2S. The largest absolute Gasteiger partial charge is 0.465 e. The zero-order chi connectivity index (χ0) is 21.0. The van der Waals surface area contributed by atoms with Gasteiger partial charge in [-0.1, -0.05) is 18.2 Å². The van der Waals surface area contributed by atoms with E-state index in [0.29, 0.717) is 6.08 Å². The minimum atomic E-state index is -5.28. The molecule has 12 heteroatoms. The Morgan fingerprint density at radius 1 is 1.32 bits per heavy atom. The van der Waals surface area contributed by atoms with Crippen LogP contribution in [-0.2, 0) is 0 Å². The van der Waals surface area contributed by atoms with Crippen molar-refractivity contribution in [1.29, 1.82) is 5.26 Å². The van der Waals surface area contributed by atoms with Gasteiger partial charge in [-0.05, 0) is 6.08 Å². The van der Waals surface area contributed by atoms with E-state index in [2.05, 4.69) is 23.5 Å². The lowest BCUT2D eigenvalue weighted by Crippen LogP contribution is -2.66. The molecule has 0 radical (unpaired) electrons. The van der Waals surface area contributed by atoms with Crippen LogP contribution in [-0.4, -0.2) is 35.3 Å². The first-order valence-electron chi connectivity index (χ1n) is 7.82. The smallest absolute Gasteiger partial charge is 0.404 e. The summed E-state index contributed by atoms with van der Waals surface area (Å²) in [6, 6.07) is 1.42. The summed E-state index contributed by atoms with van der Waals surface area (Å²) in [6.07, 6.45) is 0.741. The van der Waals surface area contributed by atoms with Crippen molar-refractivity contribution in [3.63, 3.8) is 0 Å². The molecule has 6 nitrogen and oxygen atoms in total. The number of nitriles is 1. The summed E-state index contributed by atoms with van der Waals surface area (Å²) < 4.78 is 73.8. The number of halogens is 5. The number of carboxylic acid groups (broad SMARTS) is 1. The second-order valence-electron chi connectivity index (χ2n) is 6.35. The number of carbonyl (C=O) groups is 1. The Balaban J connectivity index is 2.28. The Hall–Kier alpha value is -2.68. The van der Waals surface area contributed by atoms with Gasteiger partial charge in [0.15, 0.2) is 0 Å². The zero-order valence-corrected chi connectivity index (χ0v) is 14.8. The molecule has 0 saturated carbocycles. The summed E-state index contributed by atoms with van der Waals surface area (Å²) in [5.74, 6) is -10.1. The van der Waals surface area contributed by atoms with Crippen molar-refractivity contribution in [3.05, 3.63) is 46.2 Å². The van der Waals surface area contributed by atoms with Crippen molar-refractivity contribution >= 4 is 18.7 Å². The minimum absolute atomic E-state index is 0.0333. The topological polar surface area (TPSA) is 97.2 Å². The number of hydrogen-bond acceptors (Lipinski definition) is 5. The van der Waals surface area contributed by atoms with E-state index in [-0.39, 0.29) is 11.4 Å². The molecule has 2 atom stereocenters. The van der Waals surface area contributed by atoms with Crippen LogP contribution in [0, 0.1) is 16.7 Å². The first-order chi connectivity index (χ1) is 12.9. The average Bonchev–Trinajstić information content (AvgIpc) is 3.06. The number of rotatable bonds is 3. The van der Waals surface area contributed by atoms with Crippen LogP contribution in [0.25, 0.3) is 0 Å². The van der Waals surface area contributed by atoms with Gasteiger partial charge in [-0.15, -0.1) is 12.6 Å². The highest BCUT2D eigenvalue weighted by Crippen LogP contribution is 2.64. The third-order valence-corrected chi connectivity index (χ3v) is 5.35. The van der Waals surface area contributed by atoms with Crippen molar-refractivity contribution in [2.75, 3.05) is 6.54 Å². The van der Waals surface area contributed by atoms with Crippen molar-refractivity contribution in [2.24, 2.45) is 5.41 Å². The Morgan fingerprint density at radius 3 is 2.61 bits per heavy atom. The van der Waals surface area contributed by atoms with Gasteiger partial charge in [0.05, 0.1) is 24.0 Å². The van der Waals surface area contributed by atoms with Crippen LogP contribution >= 0.6 is 12.6 Å². The molecule has 3 rings (SSSR count). The number of fused-ring (bicyclic) bond motifs is 1. The molecule has 0 spiro atoms. The standard InChI is InChI=1S/C16H13F5N4O2S/c17-14(18)5-3-10(28)15(19,16(14,20)21)13(7-22)4-1-2-8-11(13)9(25-24-8)6-23-12(26)27/h1-4,23-25,28H,5-6H2,(H,26,27). The van der Waals surface area contributed by atoms with E-state index < -0.39 is 52.5 Å². The highest BCUT2D eigenvalue weighted by atomic mass is 32.1. The first kappa shape index (κ1) is 20.1. The predicted octanol–water partition coefficient (Wildman–Crippen LogP) is 2.78. The van der Waals surface area contributed by atoms with Gasteiger partial charge >= 0.3 is 17.9 Å². The van der Waals surface area contributed by atoms with Crippen LogP contribution in [0.2, 0.25) is 0 Å². The monoisotopic (exact) mass is 420 g/mol. The van der Waals surface area contributed by atoms with Gasteiger partial charge in [0, 0.05) is 16.9 Å². The summed E-state index contributed by atoms with van der Waals surface area (Å²) in [7, 11) is 0. The quantitative estimate of drug-likeness (QED) is 0.357. The molecule has 0 aromatic heterocycles. The highest BCUT2D eigenvalue weighted by molar-refractivity contribution is 7.84. The van der Waals surface area contributed by atoms with Crippen LogP contribution in [0.3, 0.4) is 0 Å². The SMILES string of the molecule is N#CC1(C2(F)C(S)=CCC(F)(F)C2(F)F)C=CC=C2NNC(CNC(=O)O)=C21. The van der Waals surface area contributed by atoms with E-state index in [1.54, 1.807) is 0 Å². The molecule has 0 saturated heterocycles. The van der Waals surface area contributed by atoms with Crippen molar-refractivity contribution < 1.29 is 31.9 Å². The zero-order valence-electron chi connectivity index (χ0n) is 13.9. The summed E-state index contributed by atoms with van der Waals surface area (Å²) in [4.78, 5) is 9.75. The first-order valence-corrected chi connectivity index (χ1v) is 8.27. The molecule has 1 amide bonds. The average molecular weight is 420 g/mol. The molecule has 4 N–H and O–H groups in total. The van der Waals surface area contributed by atoms with Gasteiger partial charge in [-0.25, -0.2) is 9.18 Å². The molecule has 0 fully saturated rings. The fraction of sp³-hybridized carbons (Fsp3) is 0.375. The third kappa shape index (κ3) is 2.35. The van der Waals surface area contributed by atoms with E-state index in [1.165, 1.54) is 12.1 Å². The molecule has 1 heterocycles. The number of hydrogen-bond donors (Lipinski definition) is 5. The van der Waals surface area contributed by atoms with Crippen LogP contribution in [0.15, 0.2) is 46.2 Å². The Morgan fingerprint density at radius 2 is 2.00 bits per heavy atom. The maximum absolute atomic E-state index is 16.1. The molecule has 0 bridgehead atoms. The molecule has 0 aromatic rings. The molecule has 0 aromatic carbocycles. The van der Waals surface area contributed by atoms with Gasteiger partial charge < -0.3 is 21.3 Å². The normalized spacial score (nSPS) is 32.3. The molecule has 3 aliphatic rings. The fourth-order valence-electron chi connectivity index (χ4n) is 3.49. The second-order valence-corrected chi connectivity index (χ2v) is 6.83. The number of alkyl halides is 5. The number of nitrogens with zero attached hydrogens (tertiary/aromatic N) is 1. The third-order valence-electron chi connectivity index (χ3n) is 4.86. The Kier molecular flexibility index (Phi) is 4.42. The predicted molar refractivity (Wildman–Crippen MR) is 90.0 cm³/mol. The van der Waals surface area contributed by atoms with E-state index in [0.717, 1.165) is 12.2 Å². The van der Waals surface area contributed by atoms with E-state index >= 15 is 4.39 Å². The van der Waals surface area contributed by atoms with Gasteiger partial charge in [0.25, 0.3) is 0 Å². The van der Waals surface area contributed by atoms with E-state index in [9.17, 15) is 27.6 Å². The van der Waals surface area contributed by atoms with Crippen LogP contribution < -0.4 is 16.2 Å². The van der Waals surface area contributed by atoms with Crippen LogP contribution in [0.4, 0.5) is 26.7 Å². The van der Waals surface area contributed by atoms with Crippen molar-refractivity contribution in [2.45, 2.75) is 23.9 Å². The molecule has 1 aliphatic heterocycles. The molecule has 2 aliphatic carbocycles. The van der Waals surface area contributed by atoms with Crippen LogP contribution in [0.1, 0.15) is 6.42 Å². The Labute approximate surface area is 160 Å². The van der Waals surface area contributed by atoms with E-state index in [1.807, 2.05) is 5.32 Å². The number of thiol groups is 1. The van der Waals surface area contributed by atoms with Crippen molar-refractivity contribution in [3.8, 4) is 6.07 Å². The summed E-state index contributed by atoms with van der Waals surface area (Å²) >= 11 is 3.69. The summed E-state index contributed by atoms with van der Waals surface area (Å²) in [5.41, 5.74) is -2.77. The van der Waals surface area contributed by atoms with Gasteiger partial charge in [-0.3, -0.25) is 0 Å². The number of amides is 1. The lowest BCUT2D eigenvalue weighted by molar-refractivity contribution is -0.276. The van der Waals surface area contributed by atoms with Crippen LogP contribution in [0.5, 0.6) is 0 Å². The van der Waals surface area contributed by atoms with Gasteiger partial charge in [-0.2, -0.15) is 22.8 Å². The lowest BCUT2D eigenvalue weighted by Gasteiger charge is -2.49.